The lowest BCUT2D eigenvalue weighted by atomic mass is 10.1. The largest absolute Gasteiger partial charge is 0.482 e. The lowest BCUT2D eigenvalue weighted by Crippen LogP contribution is -2.32. The second-order valence-corrected chi connectivity index (χ2v) is 6.74. The molecule has 0 heterocycles. The van der Waals surface area contributed by atoms with Crippen molar-refractivity contribution in [1.29, 1.82) is 0 Å². The van der Waals surface area contributed by atoms with Crippen molar-refractivity contribution >= 4 is 30.0 Å². The molecule has 0 aliphatic carbocycles. The van der Waals surface area contributed by atoms with E-state index in [2.05, 4.69) is 17.0 Å². The van der Waals surface area contributed by atoms with Gasteiger partial charge < -0.3 is 19.5 Å². The van der Waals surface area contributed by atoms with Crippen LogP contribution in [0.3, 0.4) is 0 Å². The highest BCUT2D eigenvalue weighted by atomic mass is 35.5. The summed E-state index contributed by atoms with van der Waals surface area (Å²) in [5.74, 6) is 0.245. The van der Waals surface area contributed by atoms with Crippen LogP contribution in [-0.4, -0.2) is 39.4 Å². The summed E-state index contributed by atoms with van der Waals surface area (Å²) >= 11 is 6.06. The molecule has 0 aromatic heterocycles. The number of hydrogen-bond donors (Lipinski definition) is 1. The molecular weight excluding hydrogens is 401 g/mol. The Morgan fingerprint density at radius 1 is 1.14 bits per heavy atom. The van der Waals surface area contributed by atoms with Gasteiger partial charge in [0.15, 0.2) is 6.61 Å². The standard InChI is InChI=1S/C21H26ClNO4.ClH/c1-15(23-13-20(25-2)17-5-4-6-18(22)12-17)11-16-7-9-19(10-8-16)27-14-21(24)26-3;/h4-10,12,15,20,23H,11,13-14H2,1-3H3;1H. The van der Waals surface area contributed by atoms with Crippen LogP contribution in [0.15, 0.2) is 48.5 Å². The quantitative estimate of drug-likeness (QED) is 0.575. The van der Waals surface area contributed by atoms with Crippen LogP contribution in [0.4, 0.5) is 0 Å². The Hall–Kier alpha value is -1.79. The molecule has 1 N–H and O–H groups in total. The second kappa shape index (κ2) is 12.6. The highest BCUT2D eigenvalue weighted by Crippen LogP contribution is 2.20. The normalized spacial score (nSPS) is 12.6. The second-order valence-electron chi connectivity index (χ2n) is 6.30. The van der Waals surface area contributed by atoms with Crippen molar-refractivity contribution in [1.82, 2.24) is 5.32 Å². The Bertz CT molecular complexity index is 725. The Labute approximate surface area is 177 Å². The molecule has 5 nitrogen and oxygen atoms in total. The number of carbonyl (C=O) groups excluding carboxylic acids is 1. The van der Waals surface area contributed by atoms with Crippen molar-refractivity contribution in [3.05, 3.63) is 64.7 Å². The first-order valence-corrected chi connectivity index (χ1v) is 9.19. The van der Waals surface area contributed by atoms with Crippen LogP contribution in [0.2, 0.25) is 5.02 Å². The molecule has 2 atom stereocenters. The van der Waals surface area contributed by atoms with E-state index in [1.165, 1.54) is 12.7 Å². The van der Waals surface area contributed by atoms with E-state index in [-0.39, 0.29) is 31.2 Å². The van der Waals surface area contributed by atoms with E-state index in [9.17, 15) is 4.79 Å². The summed E-state index contributed by atoms with van der Waals surface area (Å²) in [5, 5.41) is 4.21. The zero-order chi connectivity index (χ0) is 19.6. The summed E-state index contributed by atoms with van der Waals surface area (Å²) in [6.45, 7) is 2.74. The number of methoxy groups -OCH3 is 2. The third kappa shape index (κ3) is 8.07. The van der Waals surface area contributed by atoms with E-state index < -0.39 is 5.97 Å². The van der Waals surface area contributed by atoms with E-state index in [0.29, 0.717) is 17.3 Å². The Morgan fingerprint density at radius 2 is 1.86 bits per heavy atom. The van der Waals surface area contributed by atoms with Crippen molar-refractivity contribution in [3.8, 4) is 5.75 Å². The number of halogens is 2. The molecule has 0 radical (unpaired) electrons. The highest BCUT2D eigenvalue weighted by Gasteiger charge is 2.13. The Balaban J connectivity index is 0.00000392. The zero-order valence-corrected chi connectivity index (χ0v) is 17.9. The summed E-state index contributed by atoms with van der Waals surface area (Å²) in [6, 6.07) is 15.7. The molecule has 28 heavy (non-hydrogen) atoms. The number of ether oxygens (including phenoxy) is 3. The first-order chi connectivity index (χ1) is 13.0. The number of benzene rings is 2. The first-order valence-electron chi connectivity index (χ1n) is 8.82. The summed E-state index contributed by atoms with van der Waals surface area (Å²) in [6.07, 6.45) is 0.809. The fraction of sp³-hybridized carbons (Fsp3) is 0.381. The van der Waals surface area contributed by atoms with Gasteiger partial charge in [0.25, 0.3) is 0 Å². The summed E-state index contributed by atoms with van der Waals surface area (Å²) in [5.41, 5.74) is 2.23. The van der Waals surface area contributed by atoms with Crippen molar-refractivity contribution in [3.63, 3.8) is 0 Å². The van der Waals surface area contributed by atoms with Gasteiger partial charge in [-0.2, -0.15) is 0 Å². The molecule has 2 rings (SSSR count). The minimum absolute atomic E-state index is 0. The fourth-order valence-corrected chi connectivity index (χ4v) is 2.90. The summed E-state index contributed by atoms with van der Waals surface area (Å²) in [4.78, 5) is 11.1. The van der Waals surface area contributed by atoms with Gasteiger partial charge in [-0.25, -0.2) is 4.79 Å². The molecule has 0 fully saturated rings. The van der Waals surface area contributed by atoms with E-state index in [1.54, 1.807) is 7.11 Å². The van der Waals surface area contributed by atoms with Gasteiger partial charge in [0.05, 0.1) is 13.2 Å². The molecule has 2 aromatic rings. The van der Waals surface area contributed by atoms with E-state index in [1.807, 2.05) is 48.5 Å². The molecule has 2 unspecified atom stereocenters. The van der Waals surface area contributed by atoms with Crippen LogP contribution in [0.5, 0.6) is 5.75 Å². The number of carbonyl (C=O) groups is 1. The number of hydrogen-bond acceptors (Lipinski definition) is 5. The predicted octanol–water partition coefficient (Wildman–Crippen LogP) is 4.22. The van der Waals surface area contributed by atoms with Gasteiger partial charge in [0, 0.05) is 24.7 Å². The van der Waals surface area contributed by atoms with Crippen LogP contribution in [-0.2, 0) is 20.7 Å². The maximum absolute atomic E-state index is 11.1. The van der Waals surface area contributed by atoms with Crippen molar-refractivity contribution in [2.45, 2.75) is 25.5 Å². The number of rotatable bonds is 10. The third-order valence-corrected chi connectivity index (χ3v) is 4.44. The van der Waals surface area contributed by atoms with Crippen molar-refractivity contribution in [2.24, 2.45) is 0 Å². The van der Waals surface area contributed by atoms with Crippen molar-refractivity contribution in [2.75, 3.05) is 27.4 Å². The highest BCUT2D eigenvalue weighted by molar-refractivity contribution is 6.30. The fourth-order valence-electron chi connectivity index (χ4n) is 2.70. The molecule has 0 saturated carbocycles. The number of esters is 1. The third-order valence-electron chi connectivity index (χ3n) is 4.21. The minimum Gasteiger partial charge on any atom is -0.482 e. The Morgan fingerprint density at radius 3 is 2.46 bits per heavy atom. The smallest absolute Gasteiger partial charge is 0.343 e. The van der Waals surface area contributed by atoms with Gasteiger partial charge in [-0.15, -0.1) is 12.4 Å². The SMILES string of the molecule is COC(=O)COc1ccc(CC(C)NCC(OC)c2cccc(Cl)c2)cc1.Cl. The maximum atomic E-state index is 11.1. The molecule has 154 valence electrons. The lowest BCUT2D eigenvalue weighted by molar-refractivity contribution is -0.142. The Kier molecular flexibility index (Phi) is 10.9. The average molecular weight is 428 g/mol. The molecule has 0 aliphatic rings. The molecule has 7 heteroatoms. The molecular formula is C21H27Cl2NO4. The van der Waals surface area contributed by atoms with Gasteiger partial charge in [0.1, 0.15) is 5.75 Å². The monoisotopic (exact) mass is 427 g/mol. The molecule has 0 amide bonds. The first kappa shape index (κ1) is 24.2. The average Bonchev–Trinajstić information content (AvgIpc) is 2.67. The van der Waals surface area contributed by atoms with E-state index in [0.717, 1.165) is 12.0 Å². The minimum atomic E-state index is -0.399. The molecule has 2 aromatic carbocycles. The van der Waals surface area contributed by atoms with Crippen LogP contribution < -0.4 is 10.1 Å². The van der Waals surface area contributed by atoms with Crippen LogP contribution in [0.1, 0.15) is 24.2 Å². The predicted molar refractivity (Wildman–Crippen MR) is 114 cm³/mol. The van der Waals surface area contributed by atoms with Crippen LogP contribution in [0, 0.1) is 0 Å². The van der Waals surface area contributed by atoms with Gasteiger partial charge in [-0.1, -0.05) is 35.9 Å². The molecule has 0 bridgehead atoms. The zero-order valence-electron chi connectivity index (χ0n) is 16.3. The number of nitrogens with one attached hydrogen (secondary N) is 1. The van der Waals surface area contributed by atoms with Gasteiger partial charge in [-0.05, 0) is 48.7 Å². The molecule has 0 spiro atoms. The lowest BCUT2D eigenvalue weighted by Gasteiger charge is -2.20. The topological polar surface area (TPSA) is 56.8 Å². The molecule has 0 saturated heterocycles. The van der Waals surface area contributed by atoms with Crippen LogP contribution >= 0.6 is 24.0 Å². The summed E-state index contributed by atoms with van der Waals surface area (Å²) < 4.78 is 15.5. The maximum Gasteiger partial charge on any atom is 0.343 e. The van der Waals surface area contributed by atoms with Gasteiger partial charge >= 0.3 is 5.97 Å². The van der Waals surface area contributed by atoms with Gasteiger partial charge in [0.2, 0.25) is 0 Å². The van der Waals surface area contributed by atoms with E-state index in [4.69, 9.17) is 21.1 Å². The van der Waals surface area contributed by atoms with Crippen LogP contribution in [0.25, 0.3) is 0 Å². The van der Waals surface area contributed by atoms with Gasteiger partial charge in [-0.3, -0.25) is 0 Å². The summed E-state index contributed by atoms with van der Waals surface area (Å²) in [7, 11) is 3.04. The van der Waals surface area contributed by atoms with E-state index >= 15 is 0 Å². The van der Waals surface area contributed by atoms with Crippen molar-refractivity contribution < 1.29 is 19.0 Å². The molecule has 0 aliphatic heterocycles.